The Balaban J connectivity index is 1.81. The van der Waals surface area contributed by atoms with Crippen molar-refractivity contribution in [3.63, 3.8) is 0 Å². The van der Waals surface area contributed by atoms with Crippen LogP contribution in [-0.2, 0) is 11.2 Å². The third kappa shape index (κ3) is 4.48. The summed E-state index contributed by atoms with van der Waals surface area (Å²) < 4.78 is 0. The second-order valence-corrected chi connectivity index (χ2v) is 6.04. The average molecular weight is 342 g/mol. The number of carbonyl (C=O) groups is 1. The first kappa shape index (κ1) is 17.2. The molecule has 2 aromatic heterocycles. The molecule has 8 nitrogen and oxygen atoms in total. The van der Waals surface area contributed by atoms with Gasteiger partial charge in [-0.25, -0.2) is 15.0 Å². The highest BCUT2D eigenvalue weighted by molar-refractivity contribution is 5.69. The molecule has 25 heavy (non-hydrogen) atoms. The van der Waals surface area contributed by atoms with Crippen molar-refractivity contribution in [2.75, 3.05) is 37.6 Å². The van der Waals surface area contributed by atoms with E-state index in [9.17, 15) is 4.79 Å². The van der Waals surface area contributed by atoms with Crippen LogP contribution in [0.25, 0.3) is 11.5 Å². The van der Waals surface area contributed by atoms with Gasteiger partial charge >= 0.3 is 5.97 Å². The van der Waals surface area contributed by atoms with E-state index >= 15 is 0 Å². The topological polar surface area (TPSA) is 95.3 Å². The van der Waals surface area contributed by atoms with Crippen LogP contribution in [0.5, 0.6) is 0 Å². The predicted octanol–water partition coefficient (Wildman–Crippen LogP) is 1.09. The molecule has 0 unspecified atom stereocenters. The van der Waals surface area contributed by atoms with E-state index in [4.69, 9.17) is 5.11 Å². The summed E-state index contributed by atoms with van der Waals surface area (Å²) in [4.78, 5) is 32.7. The normalized spacial score (nSPS) is 15.3. The van der Waals surface area contributed by atoms with Gasteiger partial charge in [-0.15, -0.1) is 0 Å². The molecule has 0 aromatic carbocycles. The molecule has 8 heteroatoms. The molecule has 1 N–H and O–H groups in total. The van der Waals surface area contributed by atoms with Crippen molar-refractivity contribution in [2.45, 2.75) is 19.8 Å². The van der Waals surface area contributed by atoms with Crippen molar-refractivity contribution in [1.82, 2.24) is 24.8 Å². The lowest BCUT2D eigenvalue weighted by Gasteiger charge is -2.34. The molecule has 1 aliphatic rings. The van der Waals surface area contributed by atoms with E-state index in [1.165, 1.54) is 0 Å². The SMILES string of the molecule is CCCc1cc(N2CCN(CC(=O)O)CC2)nc(-c2cnccn2)n1. The number of aromatic nitrogens is 4. The monoisotopic (exact) mass is 342 g/mol. The zero-order valence-corrected chi connectivity index (χ0v) is 14.3. The first-order chi connectivity index (χ1) is 12.2. The Labute approximate surface area is 146 Å². The summed E-state index contributed by atoms with van der Waals surface area (Å²) in [6.07, 6.45) is 6.81. The highest BCUT2D eigenvalue weighted by Gasteiger charge is 2.21. The molecule has 0 aliphatic carbocycles. The molecule has 0 saturated carbocycles. The summed E-state index contributed by atoms with van der Waals surface area (Å²) >= 11 is 0. The molecule has 1 fully saturated rings. The molecule has 2 aromatic rings. The zero-order valence-electron chi connectivity index (χ0n) is 14.3. The second kappa shape index (κ2) is 7.98. The Kier molecular flexibility index (Phi) is 5.49. The Morgan fingerprint density at radius 2 is 2.00 bits per heavy atom. The first-order valence-electron chi connectivity index (χ1n) is 8.49. The molecule has 132 valence electrons. The van der Waals surface area contributed by atoms with Crippen LogP contribution in [0, 0.1) is 0 Å². The lowest BCUT2D eigenvalue weighted by molar-refractivity contribution is -0.138. The van der Waals surface area contributed by atoms with E-state index in [0.29, 0.717) is 24.6 Å². The molecule has 0 bridgehead atoms. The van der Waals surface area contributed by atoms with Crippen molar-refractivity contribution in [3.05, 3.63) is 30.4 Å². The maximum Gasteiger partial charge on any atom is 0.317 e. The summed E-state index contributed by atoms with van der Waals surface area (Å²) in [5.74, 6) is 0.668. The smallest absolute Gasteiger partial charge is 0.317 e. The fourth-order valence-electron chi connectivity index (χ4n) is 2.88. The van der Waals surface area contributed by atoms with Gasteiger partial charge in [0.2, 0.25) is 0 Å². The number of piperazine rings is 1. The van der Waals surface area contributed by atoms with Crippen molar-refractivity contribution < 1.29 is 9.90 Å². The van der Waals surface area contributed by atoms with Crippen molar-refractivity contribution >= 4 is 11.8 Å². The minimum Gasteiger partial charge on any atom is -0.480 e. The van der Waals surface area contributed by atoms with Crippen molar-refractivity contribution in [1.29, 1.82) is 0 Å². The number of rotatable bonds is 6. The molecular weight excluding hydrogens is 320 g/mol. The fourth-order valence-corrected chi connectivity index (χ4v) is 2.88. The molecule has 0 amide bonds. The number of carboxylic acid groups (broad SMARTS) is 1. The largest absolute Gasteiger partial charge is 0.480 e. The average Bonchev–Trinajstić information content (AvgIpc) is 2.63. The highest BCUT2D eigenvalue weighted by Crippen LogP contribution is 2.20. The lowest BCUT2D eigenvalue weighted by atomic mass is 10.2. The van der Waals surface area contributed by atoms with Gasteiger partial charge in [0.15, 0.2) is 5.82 Å². The van der Waals surface area contributed by atoms with E-state index in [1.54, 1.807) is 18.6 Å². The number of hydrogen-bond acceptors (Lipinski definition) is 7. The standard InChI is InChI=1S/C17H22N6O2/c1-2-3-13-10-15(21-17(20-13)14-11-18-4-5-19-14)23-8-6-22(7-9-23)12-16(24)25/h4-5,10-11H,2-3,6-9,12H2,1H3,(H,24,25). The van der Waals surface area contributed by atoms with Crippen LogP contribution in [0.4, 0.5) is 5.82 Å². The summed E-state index contributed by atoms with van der Waals surface area (Å²) in [5, 5.41) is 8.92. The van der Waals surface area contributed by atoms with Gasteiger partial charge in [-0.1, -0.05) is 13.3 Å². The van der Waals surface area contributed by atoms with Crippen LogP contribution >= 0.6 is 0 Å². The van der Waals surface area contributed by atoms with E-state index in [-0.39, 0.29) is 6.54 Å². The summed E-state index contributed by atoms with van der Waals surface area (Å²) in [6, 6.07) is 2.02. The summed E-state index contributed by atoms with van der Waals surface area (Å²) in [6.45, 7) is 5.11. The van der Waals surface area contributed by atoms with Gasteiger partial charge in [0.05, 0.1) is 12.7 Å². The van der Waals surface area contributed by atoms with E-state index in [1.807, 2.05) is 11.0 Å². The molecule has 1 aliphatic heterocycles. The van der Waals surface area contributed by atoms with Crippen molar-refractivity contribution in [3.8, 4) is 11.5 Å². The molecule has 0 atom stereocenters. The van der Waals surface area contributed by atoms with Gasteiger partial charge in [0.1, 0.15) is 11.5 Å². The number of aryl methyl sites for hydroxylation is 1. The van der Waals surface area contributed by atoms with Crippen molar-refractivity contribution in [2.24, 2.45) is 0 Å². The maximum absolute atomic E-state index is 10.8. The third-order valence-corrected chi connectivity index (χ3v) is 4.12. The molecule has 0 spiro atoms. The second-order valence-electron chi connectivity index (χ2n) is 6.04. The van der Waals surface area contributed by atoms with Crippen LogP contribution in [0.2, 0.25) is 0 Å². The number of anilines is 1. The minimum absolute atomic E-state index is 0.0869. The highest BCUT2D eigenvalue weighted by atomic mass is 16.4. The molecular formula is C17H22N6O2. The Hall–Kier alpha value is -2.61. The van der Waals surface area contributed by atoms with E-state index in [0.717, 1.165) is 37.4 Å². The van der Waals surface area contributed by atoms with Gasteiger partial charge in [-0.3, -0.25) is 14.7 Å². The van der Waals surface area contributed by atoms with Gasteiger partial charge in [-0.2, -0.15) is 0 Å². The van der Waals surface area contributed by atoms with Crippen LogP contribution in [-0.4, -0.2) is 68.6 Å². The first-order valence-corrected chi connectivity index (χ1v) is 8.49. The van der Waals surface area contributed by atoms with Crippen LogP contribution in [0.3, 0.4) is 0 Å². The lowest BCUT2D eigenvalue weighted by Crippen LogP contribution is -2.48. The Morgan fingerprint density at radius 3 is 2.64 bits per heavy atom. The van der Waals surface area contributed by atoms with Gasteiger partial charge in [-0.05, 0) is 6.42 Å². The zero-order chi connectivity index (χ0) is 17.6. The third-order valence-electron chi connectivity index (χ3n) is 4.12. The molecule has 0 radical (unpaired) electrons. The number of hydrogen-bond donors (Lipinski definition) is 1. The van der Waals surface area contributed by atoms with Crippen LogP contribution < -0.4 is 4.90 Å². The Morgan fingerprint density at radius 1 is 1.20 bits per heavy atom. The van der Waals surface area contributed by atoms with Gasteiger partial charge < -0.3 is 10.0 Å². The fraction of sp³-hybridized carbons (Fsp3) is 0.471. The summed E-state index contributed by atoms with van der Waals surface area (Å²) in [7, 11) is 0. The van der Waals surface area contributed by atoms with Gasteiger partial charge in [0, 0.05) is 50.3 Å². The van der Waals surface area contributed by atoms with Gasteiger partial charge in [0.25, 0.3) is 0 Å². The van der Waals surface area contributed by atoms with Crippen LogP contribution in [0.15, 0.2) is 24.7 Å². The quantitative estimate of drug-likeness (QED) is 0.833. The maximum atomic E-state index is 10.8. The van der Waals surface area contributed by atoms with E-state index in [2.05, 4.69) is 31.8 Å². The molecule has 3 heterocycles. The number of carboxylic acids is 1. The minimum atomic E-state index is -0.786. The molecule has 1 saturated heterocycles. The van der Waals surface area contributed by atoms with E-state index < -0.39 is 5.97 Å². The number of nitrogens with zero attached hydrogens (tertiary/aromatic N) is 6. The predicted molar refractivity (Wildman–Crippen MR) is 93.3 cm³/mol. The Bertz CT molecular complexity index is 716. The number of aliphatic carboxylic acids is 1. The molecule has 3 rings (SSSR count). The summed E-state index contributed by atoms with van der Waals surface area (Å²) in [5.41, 5.74) is 1.65. The van der Waals surface area contributed by atoms with Crippen LogP contribution in [0.1, 0.15) is 19.0 Å².